The van der Waals surface area contributed by atoms with Gasteiger partial charge in [-0.15, -0.1) is 0 Å². The van der Waals surface area contributed by atoms with Crippen LogP contribution in [0.3, 0.4) is 0 Å². The average molecular weight is 437 g/mol. The number of aryl methyl sites for hydroxylation is 1. The molecule has 0 bridgehead atoms. The Morgan fingerprint density at radius 3 is 2.52 bits per heavy atom. The highest BCUT2D eigenvalue weighted by atomic mass is 19.4. The number of rotatable bonds is 7. The van der Waals surface area contributed by atoms with Crippen LogP contribution in [-0.4, -0.2) is 26.7 Å². The minimum Gasteiger partial charge on any atom is -0.489 e. The fraction of sp³-hybridized carbons (Fsp3) is 0.238. The van der Waals surface area contributed by atoms with E-state index in [1.807, 2.05) is 0 Å². The fourth-order valence-electron chi connectivity index (χ4n) is 2.92. The van der Waals surface area contributed by atoms with Crippen LogP contribution in [-0.2, 0) is 24.1 Å². The van der Waals surface area contributed by atoms with Gasteiger partial charge in [0.05, 0.1) is 6.42 Å². The number of halogens is 4. The number of imidazole rings is 1. The van der Waals surface area contributed by atoms with Crippen molar-refractivity contribution in [1.82, 2.24) is 9.55 Å². The Morgan fingerprint density at radius 2 is 1.90 bits per heavy atom. The number of anilines is 1. The van der Waals surface area contributed by atoms with Gasteiger partial charge in [0.25, 0.3) is 0 Å². The van der Waals surface area contributed by atoms with E-state index in [1.165, 1.54) is 37.5 Å². The van der Waals surface area contributed by atoms with Gasteiger partial charge in [0.2, 0.25) is 11.5 Å². The van der Waals surface area contributed by atoms with E-state index in [1.54, 1.807) is 24.3 Å². The Hall–Kier alpha value is -3.40. The van der Waals surface area contributed by atoms with Gasteiger partial charge in [0.15, 0.2) is 5.82 Å². The number of carbonyl (C=O) groups excluding carboxylic acids is 1. The first-order chi connectivity index (χ1) is 14.6. The summed E-state index contributed by atoms with van der Waals surface area (Å²) in [5.74, 6) is -1.78. The molecule has 2 aromatic carbocycles. The van der Waals surface area contributed by atoms with Crippen molar-refractivity contribution in [2.45, 2.75) is 24.8 Å². The molecular weight excluding hydrogens is 418 g/mol. The zero-order valence-corrected chi connectivity index (χ0v) is 16.4. The number of aliphatic hydroxyl groups is 1. The summed E-state index contributed by atoms with van der Waals surface area (Å²) in [7, 11) is 1.29. The molecule has 0 aliphatic rings. The molecule has 164 valence electrons. The van der Waals surface area contributed by atoms with Crippen LogP contribution in [0.1, 0.15) is 17.8 Å². The van der Waals surface area contributed by atoms with Crippen molar-refractivity contribution in [3.8, 4) is 5.75 Å². The summed E-state index contributed by atoms with van der Waals surface area (Å²) >= 11 is 0. The standard InChI is InChI=1S/C21H19F4N3O3/c1-28-10-9-26-19(28)20(30,21(23,24)25)12-18(29)27-16-3-2-4-17(11-16)31-13-14-5-7-15(22)8-6-14/h2-11,30H,12-13H2,1H3,(H,27,29). The Kier molecular flexibility index (Phi) is 6.30. The van der Waals surface area contributed by atoms with Crippen LogP contribution >= 0.6 is 0 Å². The lowest BCUT2D eigenvalue weighted by molar-refractivity contribution is -0.270. The van der Waals surface area contributed by atoms with Crippen LogP contribution in [0.4, 0.5) is 23.2 Å². The molecule has 1 aromatic heterocycles. The minimum atomic E-state index is -5.12. The predicted octanol–water partition coefficient (Wildman–Crippen LogP) is 3.92. The van der Waals surface area contributed by atoms with E-state index in [0.717, 1.165) is 10.8 Å². The third kappa shape index (κ3) is 5.21. The highest BCUT2D eigenvalue weighted by Gasteiger charge is 2.58. The third-order valence-corrected chi connectivity index (χ3v) is 4.51. The van der Waals surface area contributed by atoms with Crippen molar-refractivity contribution >= 4 is 11.6 Å². The molecule has 6 nitrogen and oxygen atoms in total. The lowest BCUT2D eigenvalue weighted by atomic mass is 9.97. The van der Waals surface area contributed by atoms with Crippen LogP contribution in [0.5, 0.6) is 5.75 Å². The first-order valence-corrected chi connectivity index (χ1v) is 9.12. The largest absolute Gasteiger partial charge is 0.489 e. The topological polar surface area (TPSA) is 76.4 Å². The molecule has 0 saturated heterocycles. The number of hydrogen-bond donors (Lipinski definition) is 2. The summed E-state index contributed by atoms with van der Waals surface area (Å²) in [5, 5.41) is 12.6. The molecule has 0 aliphatic carbocycles. The monoisotopic (exact) mass is 437 g/mol. The van der Waals surface area contributed by atoms with E-state index in [9.17, 15) is 27.5 Å². The van der Waals surface area contributed by atoms with Gasteiger partial charge < -0.3 is 19.7 Å². The van der Waals surface area contributed by atoms with E-state index < -0.39 is 29.9 Å². The minimum absolute atomic E-state index is 0.130. The first-order valence-electron chi connectivity index (χ1n) is 9.12. The van der Waals surface area contributed by atoms with Crippen molar-refractivity contribution in [1.29, 1.82) is 0 Å². The second-order valence-corrected chi connectivity index (χ2v) is 6.89. The summed E-state index contributed by atoms with van der Waals surface area (Å²) in [4.78, 5) is 15.9. The molecule has 10 heteroatoms. The number of hydrogen-bond acceptors (Lipinski definition) is 4. The molecule has 1 atom stereocenters. The normalized spacial score (nSPS) is 13.5. The quantitative estimate of drug-likeness (QED) is 0.550. The lowest BCUT2D eigenvalue weighted by Gasteiger charge is -2.29. The van der Waals surface area contributed by atoms with E-state index in [-0.39, 0.29) is 18.1 Å². The summed E-state index contributed by atoms with van der Waals surface area (Å²) in [6.45, 7) is 0.130. The molecule has 0 fully saturated rings. The van der Waals surface area contributed by atoms with E-state index in [2.05, 4.69) is 10.3 Å². The Morgan fingerprint density at radius 1 is 1.19 bits per heavy atom. The van der Waals surface area contributed by atoms with Gasteiger partial charge in [-0.2, -0.15) is 13.2 Å². The summed E-state index contributed by atoms with van der Waals surface area (Å²) < 4.78 is 60.2. The van der Waals surface area contributed by atoms with Crippen LogP contribution in [0.25, 0.3) is 0 Å². The van der Waals surface area contributed by atoms with Gasteiger partial charge in [-0.25, -0.2) is 9.37 Å². The Bertz CT molecular complexity index is 1050. The smallest absolute Gasteiger partial charge is 0.425 e. The van der Waals surface area contributed by atoms with Crippen LogP contribution in [0.15, 0.2) is 60.9 Å². The summed E-state index contributed by atoms with van der Waals surface area (Å²) in [5.41, 5.74) is -2.56. The number of nitrogens with one attached hydrogen (secondary N) is 1. The van der Waals surface area contributed by atoms with E-state index in [4.69, 9.17) is 4.74 Å². The molecule has 1 heterocycles. The molecule has 3 rings (SSSR count). The average Bonchev–Trinajstić information content (AvgIpc) is 3.13. The number of aromatic nitrogens is 2. The number of carbonyl (C=O) groups is 1. The predicted molar refractivity (Wildman–Crippen MR) is 104 cm³/mol. The number of amides is 1. The maximum absolute atomic E-state index is 13.6. The molecule has 31 heavy (non-hydrogen) atoms. The molecule has 0 spiro atoms. The maximum atomic E-state index is 13.6. The molecule has 1 amide bonds. The van der Waals surface area contributed by atoms with Crippen molar-refractivity contribution in [2.24, 2.45) is 7.05 Å². The molecule has 2 N–H and O–H groups in total. The molecule has 0 radical (unpaired) electrons. The number of nitrogens with zero attached hydrogens (tertiary/aromatic N) is 2. The molecule has 1 unspecified atom stereocenters. The van der Waals surface area contributed by atoms with E-state index >= 15 is 0 Å². The second kappa shape index (κ2) is 8.76. The summed E-state index contributed by atoms with van der Waals surface area (Å²) in [6.07, 6.45) is -4.05. The second-order valence-electron chi connectivity index (χ2n) is 6.89. The van der Waals surface area contributed by atoms with Gasteiger partial charge in [-0.1, -0.05) is 18.2 Å². The van der Waals surface area contributed by atoms with Crippen molar-refractivity contribution in [3.63, 3.8) is 0 Å². The van der Waals surface area contributed by atoms with Crippen LogP contribution in [0.2, 0.25) is 0 Å². The summed E-state index contributed by atoms with van der Waals surface area (Å²) in [6, 6.07) is 11.7. The van der Waals surface area contributed by atoms with Gasteiger partial charge >= 0.3 is 6.18 Å². The van der Waals surface area contributed by atoms with E-state index in [0.29, 0.717) is 11.3 Å². The molecule has 0 saturated carbocycles. The lowest BCUT2D eigenvalue weighted by Crippen LogP contribution is -2.46. The fourth-order valence-corrected chi connectivity index (χ4v) is 2.92. The number of benzene rings is 2. The molecule has 0 aliphatic heterocycles. The van der Waals surface area contributed by atoms with Gasteiger partial charge in [0, 0.05) is 31.2 Å². The zero-order valence-electron chi connectivity index (χ0n) is 16.4. The first kappa shape index (κ1) is 22.3. The van der Waals surface area contributed by atoms with Crippen molar-refractivity contribution in [3.05, 3.63) is 78.1 Å². The number of alkyl halides is 3. The highest BCUT2D eigenvalue weighted by molar-refractivity contribution is 5.91. The van der Waals surface area contributed by atoms with Crippen LogP contribution < -0.4 is 10.1 Å². The highest BCUT2D eigenvalue weighted by Crippen LogP contribution is 2.41. The maximum Gasteiger partial charge on any atom is 0.425 e. The van der Waals surface area contributed by atoms with Gasteiger partial charge in [-0.3, -0.25) is 4.79 Å². The Labute approximate surface area is 175 Å². The molecule has 3 aromatic rings. The van der Waals surface area contributed by atoms with Crippen molar-refractivity contribution < 1.29 is 32.2 Å². The molecular formula is C21H19F4N3O3. The third-order valence-electron chi connectivity index (χ3n) is 4.51. The van der Waals surface area contributed by atoms with Crippen LogP contribution in [0, 0.1) is 5.82 Å². The SMILES string of the molecule is Cn1ccnc1C(O)(CC(=O)Nc1cccc(OCc2ccc(F)cc2)c1)C(F)(F)F. The zero-order chi connectivity index (χ0) is 22.6. The number of ether oxygens (including phenoxy) is 1. The van der Waals surface area contributed by atoms with Gasteiger partial charge in [0.1, 0.15) is 18.2 Å². The Balaban J connectivity index is 1.69. The van der Waals surface area contributed by atoms with Gasteiger partial charge in [-0.05, 0) is 29.8 Å². The van der Waals surface area contributed by atoms with Crippen molar-refractivity contribution in [2.75, 3.05) is 5.32 Å².